The van der Waals surface area contributed by atoms with Crippen LogP contribution in [0, 0.1) is 11.8 Å². The molecule has 1 fully saturated rings. The zero-order chi connectivity index (χ0) is 17.8. The third-order valence-electron chi connectivity index (χ3n) is 5.69. The van der Waals surface area contributed by atoms with E-state index in [1.807, 2.05) is 0 Å². The van der Waals surface area contributed by atoms with Crippen LogP contribution in [0.2, 0.25) is 18.1 Å². The maximum atomic E-state index is 9.69. The molecule has 0 spiro atoms. The Morgan fingerprint density at radius 1 is 1.12 bits per heavy atom. The van der Waals surface area contributed by atoms with Crippen LogP contribution in [0.15, 0.2) is 30.3 Å². The molecule has 2 atom stereocenters. The fourth-order valence-electron chi connectivity index (χ4n) is 3.19. The summed E-state index contributed by atoms with van der Waals surface area (Å²) in [7, 11) is -1.70. The predicted molar refractivity (Wildman–Crippen MR) is 104 cm³/mol. The highest BCUT2D eigenvalue weighted by Gasteiger charge is 2.38. The lowest BCUT2D eigenvalue weighted by Gasteiger charge is -2.41. The average Bonchev–Trinajstić information content (AvgIpc) is 2.52. The van der Waals surface area contributed by atoms with Crippen molar-refractivity contribution < 1.29 is 9.53 Å². The van der Waals surface area contributed by atoms with E-state index in [0.717, 1.165) is 32.7 Å². The Morgan fingerprint density at radius 3 is 2.33 bits per heavy atom. The third-order valence-corrected chi connectivity index (χ3v) is 10.2. The van der Waals surface area contributed by atoms with Gasteiger partial charge in [-0.15, -0.1) is 0 Å². The quantitative estimate of drug-likeness (QED) is 0.784. The Hall–Kier alpha value is -0.683. The summed E-state index contributed by atoms with van der Waals surface area (Å²) in [5.41, 5.74) is 1.35. The summed E-state index contributed by atoms with van der Waals surface area (Å²) < 4.78 is 6.46. The van der Waals surface area contributed by atoms with Crippen LogP contribution in [-0.4, -0.2) is 44.6 Å². The standard InChI is InChI=1S/C20H35NO2Si/c1-20(2,3)24(4,5)23-16-19-11-18(15-22)13-21(14-19)12-17-9-7-6-8-10-17/h6-10,18-19,22H,11-16H2,1-5H3/t18-,19+/m0/s1. The van der Waals surface area contributed by atoms with Gasteiger partial charge in [0.2, 0.25) is 0 Å². The van der Waals surface area contributed by atoms with E-state index in [1.54, 1.807) is 0 Å². The van der Waals surface area contributed by atoms with Crippen molar-refractivity contribution in [2.24, 2.45) is 11.8 Å². The number of benzene rings is 1. The fraction of sp³-hybridized carbons (Fsp3) is 0.700. The highest BCUT2D eigenvalue weighted by Crippen LogP contribution is 2.37. The number of likely N-dealkylation sites (tertiary alicyclic amines) is 1. The van der Waals surface area contributed by atoms with Crippen molar-refractivity contribution in [3.8, 4) is 0 Å². The van der Waals surface area contributed by atoms with Crippen molar-refractivity contribution >= 4 is 8.32 Å². The summed E-state index contributed by atoms with van der Waals surface area (Å²) in [5, 5.41) is 9.94. The molecule has 2 rings (SSSR count). The van der Waals surface area contributed by atoms with E-state index >= 15 is 0 Å². The van der Waals surface area contributed by atoms with Gasteiger partial charge in [-0.1, -0.05) is 51.1 Å². The molecule has 0 unspecified atom stereocenters. The van der Waals surface area contributed by atoms with Gasteiger partial charge in [-0.25, -0.2) is 0 Å². The second-order valence-corrected chi connectivity index (χ2v) is 13.7. The minimum Gasteiger partial charge on any atom is -0.416 e. The first-order chi connectivity index (χ1) is 11.2. The number of aliphatic hydroxyl groups is 1. The average molecular weight is 350 g/mol. The van der Waals surface area contributed by atoms with Crippen molar-refractivity contribution in [2.45, 2.75) is 51.9 Å². The molecule has 4 heteroatoms. The zero-order valence-electron chi connectivity index (χ0n) is 16.1. The van der Waals surface area contributed by atoms with Crippen LogP contribution in [0.1, 0.15) is 32.8 Å². The van der Waals surface area contributed by atoms with Crippen LogP contribution in [0.3, 0.4) is 0 Å². The number of aliphatic hydroxyl groups excluding tert-OH is 1. The summed E-state index contributed by atoms with van der Waals surface area (Å²) >= 11 is 0. The van der Waals surface area contributed by atoms with Gasteiger partial charge in [-0.05, 0) is 42.0 Å². The van der Waals surface area contributed by atoms with Gasteiger partial charge in [0.05, 0.1) is 0 Å². The molecule has 0 radical (unpaired) electrons. The lowest BCUT2D eigenvalue weighted by atomic mass is 9.90. The van der Waals surface area contributed by atoms with E-state index < -0.39 is 8.32 Å². The van der Waals surface area contributed by atoms with Crippen LogP contribution in [0.4, 0.5) is 0 Å². The van der Waals surface area contributed by atoms with Crippen LogP contribution < -0.4 is 0 Å². The van der Waals surface area contributed by atoms with E-state index in [4.69, 9.17) is 4.43 Å². The van der Waals surface area contributed by atoms with Gasteiger partial charge in [0.15, 0.2) is 8.32 Å². The molecule has 0 amide bonds. The minimum atomic E-state index is -1.70. The molecular weight excluding hydrogens is 314 g/mol. The largest absolute Gasteiger partial charge is 0.416 e. The van der Waals surface area contributed by atoms with Crippen molar-refractivity contribution in [1.29, 1.82) is 0 Å². The summed E-state index contributed by atoms with van der Waals surface area (Å²) in [4.78, 5) is 2.49. The minimum absolute atomic E-state index is 0.252. The van der Waals surface area contributed by atoms with Gasteiger partial charge in [0.1, 0.15) is 0 Å². The Morgan fingerprint density at radius 2 is 1.75 bits per heavy atom. The second kappa shape index (κ2) is 8.13. The lowest BCUT2D eigenvalue weighted by Crippen LogP contribution is -2.46. The maximum absolute atomic E-state index is 9.69. The zero-order valence-corrected chi connectivity index (χ0v) is 17.1. The molecule has 1 aromatic carbocycles. The van der Waals surface area contributed by atoms with Gasteiger partial charge >= 0.3 is 0 Å². The monoisotopic (exact) mass is 349 g/mol. The molecule has 1 aliphatic heterocycles. The first kappa shape index (κ1) is 19.6. The number of piperidine rings is 1. The molecule has 0 aromatic heterocycles. The first-order valence-electron chi connectivity index (χ1n) is 9.22. The van der Waals surface area contributed by atoms with Crippen molar-refractivity contribution in [1.82, 2.24) is 4.90 Å². The molecule has 24 heavy (non-hydrogen) atoms. The van der Waals surface area contributed by atoms with E-state index in [9.17, 15) is 5.11 Å². The molecule has 0 aliphatic carbocycles. The van der Waals surface area contributed by atoms with E-state index in [-0.39, 0.29) is 11.6 Å². The molecule has 0 saturated carbocycles. The normalized spacial score (nSPS) is 23.4. The molecular formula is C20H35NO2Si. The first-order valence-corrected chi connectivity index (χ1v) is 12.1. The van der Waals surface area contributed by atoms with Crippen molar-refractivity contribution in [3.63, 3.8) is 0 Å². The van der Waals surface area contributed by atoms with Gasteiger partial charge in [-0.3, -0.25) is 4.90 Å². The predicted octanol–water partition coefficient (Wildman–Crippen LogP) is 4.14. The molecule has 1 heterocycles. The van der Waals surface area contributed by atoms with Gasteiger partial charge in [0.25, 0.3) is 0 Å². The number of hydrogen-bond acceptors (Lipinski definition) is 3. The summed E-state index contributed by atoms with van der Waals surface area (Å²) in [6, 6.07) is 10.6. The Bertz CT molecular complexity index is 498. The van der Waals surface area contributed by atoms with Crippen molar-refractivity contribution in [2.75, 3.05) is 26.3 Å². The number of rotatable bonds is 6. The highest BCUT2D eigenvalue weighted by atomic mass is 28.4. The van der Waals surface area contributed by atoms with E-state index in [2.05, 4.69) is 69.1 Å². The summed E-state index contributed by atoms with van der Waals surface area (Å²) in [6.45, 7) is 15.6. The Kier molecular flexibility index (Phi) is 6.65. The molecule has 1 aromatic rings. The smallest absolute Gasteiger partial charge is 0.191 e. The molecule has 3 nitrogen and oxygen atoms in total. The fourth-order valence-corrected chi connectivity index (χ4v) is 4.28. The number of nitrogens with zero attached hydrogens (tertiary/aromatic N) is 1. The lowest BCUT2D eigenvalue weighted by molar-refractivity contribution is 0.0562. The van der Waals surface area contributed by atoms with Crippen molar-refractivity contribution in [3.05, 3.63) is 35.9 Å². The molecule has 136 valence electrons. The van der Waals surface area contributed by atoms with Crippen LogP contribution in [0.25, 0.3) is 0 Å². The number of hydrogen-bond donors (Lipinski definition) is 1. The van der Waals surface area contributed by atoms with Gasteiger partial charge in [0, 0.05) is 32.8 Å². The Balaban J connectivity index is 1.95. The molecule has 1 saturated heterocycles. The third kappa shape index (κ3) is 5.41. The van der Waals surface area contributed by atoms with E-state index in [1.165, 1.54) is 5.56 Å². The summed E-state index contributed by atoms with van der Waals surface area (Å²) in [6.07, 6.45) is 1.08. The molecule has 1 N–H and O–H groups in total. The van der Waals surface area contributed by atoms with Crippen LogP contribution in [0.5, 0.6) is 0 Å². The SMILES string of the molecule is CC(C)(C)[Si](C)(C)OC[C@@H]1C[C@H](CO)CN(Cc2ccccc2)C1. The van der Waals surface area contributed by atoms with Gasteiger partial charge in [-0.2, -0.15) is 0 Å². The van der Waals surface area contributed by atoms with Gasteiger partial charge < -0.3 is 9.53 Å². The molecule has 0 bridgehead atoms. The van der Waals surface area contributed by atoms with E-state index in [0.29, 0.717) is 11.8 Å². The summed E-state index contributed by atoms with van der Waals surface area (Å²) in [5.74, 6) is 0.893. The van der Waals surface area contributed by atoms with Crippen LogP contribution >= 0.6 is 0 Å². The second-order valence-electron chi connectivity index (χ2n) is 8.90. The highest BCUT2D eigenvalue weighted by molar-refractivity contribution is 6.74. The maximum Gasteiger partial charge on any atom is 0.191 e. The Labute approximate surface area is 149 Å². The molecule has 1 aliphatic rings. The topological polar surface area (TPSA) is 32.7 Å². The van der Waals surface area contributed by atoms with Crippen LogP contribution in [-0.2, 0) is 11.0 Å².